The summed E-state index contributed by atoms with van der Waals surface area (Å²) in [6, 6.07) is 5.45. The van der Waals surface area contributed by atoms with Crippen molar-refractivity contribution >= 4 is 52.4 Å². The number of β-lactam (4-membered cyclic amide) rings is 1. The van der Waals surface area contributed by atoms with Crippen molar-refractivity contribution in [3.05, 3.63) is 73.4 Å². The number of hydrogen-bond donors (Lipinski definition) is 2. The summed E-state index contributed by atoms with van der Waals surface area (Å²) in [5, 5.41) is 13.5. The van der Waals surface area contributed by atoms with Crippen LogP contribution in [0.5, 0.6) is 5.75 Å². The molecule has 13 heteroatoms. The summed E-state index contributed by atoms with van der Waals surface area (Å²) in [6.07, 6.45) is 1.53. The molecular formula is C25H22F2N2O7S2. The molecule has 200 valence electrons. The molecular weight excluding hydrogens is 542 g/mol. The minimum Gasteiger partial charge on any atom is -0.483 e. The van der Waals surface area contributed by atoms with Gasteiger partial charge in [-0.15, -0.1) is 23.1 Å². The van der Waals surface area contributed by atoms with Crippen molar-refractivity contribution in [1.82, 2.24) is 10.2 Å². The van der Waals surface area contributed by atoms with Crippen molar-refractivity contribution in [2.75, 3.05) is 12.4 Å². The molecule has 2 aromatic heterocycles. The predicted octanol–water partition coefficient (Wildman–Crippen LogP) is 3.44. The van der Waals surface area contributed by atoms with Crippen molar-refractivity contribution in [1.29, 1.82) is 0 Å². The lowest BCUT2D eigenvalue weighted by molar-refractivity contribution is -0.149. The fourth-order valence-electron chi connectivity index (χ4n) is 4.05. The molecule has 1 fully saturated rings. The van der Waals surface area contributed by atoms with Gasteiger partial charge in [0.15, 0.2) is 17.1 Å². The van der Waals surface area contributed by atoms with Crippen LogP contribution in [0.1, 0.15) is 17.4 Å². The molecule has 0 saturated carbocycles. The molecule has 4 heterocycles. The number of fused-ring (bicyclic) bond motifs is 2. The van der Waals surface area contributed by atoms with Gasteiger partial charge in [0.25, 0.3) is 5.91 Å². The monoisotopic (exact) mass is 564 g/mol. The smallest absolute Gasteiger partial charge is 0.352 e. The van der Waals surface area contributed by atoms with E-state index in [0.717, 1.165) is 17.0 Å². The first-order valence-corrected chi connectivity index (χ1v) is 13.3. The lowest BCUT2D eigenvalue weighted by Crippen LogP contribution is -2.69. The van der Waals surface area contributed by atoms with Gasteiger partial charge in [-0.25, -0.2) is 14.0 Å². The van der Waals surface area contributed by atoms with Gasteiger partial charge < -0.3 is 19.6 Å². The van der Waals surface area contributed by atoms with E-state index in [1.165, 1.54) is 30.0 Å². The van der Waals surface area contributed by atoms with Crippen LogP contribution in [-0.2, 0) is 20.8 Å². The average Bonchev–Trinajstić information content (AvgIpc) is 3.42. The first-order chi connectivity index (χ1) is 18.2. The van der Waals surface area contributed by atoms with Crippen LogP contribution in [0, 0.1) is 18.6 Å². The van der Waals surface area contributed by atoms with Crippen molar-refractivity contribution in [2.45, 2.75) is 31.7 Å². The van der Waals surface area contributed by atoms with Crippen molar-refractivity contribution in [2.24, 2.45) is 0 Å². The fraction of sp³-hybridized carbons (Fsp3) is 0.280. The molecule has 0 spiro atoms. The van der Waals surface area contributed by atoms with Gasteiger partial charge in [-0.3, -0.25) is 14.5 Å². The second kappa shape index (κ2) is 11.4. The molecule has 2 amide bonds. The highest BCUT2D eigenvalue weighted by Crippen LogP contribution is 2.40. The molecule has 5 rings (SSSR count). The van der Waals surface area contributed by atoms with E-state index < -0.39 is 58.5 Å². The molecule has 2 aliphatic heterocycles. The molecule has 38 heavy (non-hydrogen) atoms. The van der Waals surface area contributed by atoms with Crippen LogP contribution in [0.4, 0.5) is 8.78 Å². The van der Waals surface area contributed by atoms with Crippen LogP contribution in [0.25, 0.3) is 11.0 Å². The number of carbonyl (C=O) groups is 3. The predicted molar refractivity (Wildman–Crippen MR) is 137 cm³/mol. The summed E-state index contributed by atoms with van der Waals surface area (Å²) in [5.74, 6) is -5.05. The number of halogens is 2. The summed E-state index contributed by atoms with van der Waals surface area (Å²) >= 11 is 3.00. The number of carboxylic acid groups (broad SMARTS) is 1. The van der Waals surface area contributed by atoms with Crippen LogP contribution in [0.2, 0.25) is 0 Å². The molecule has 2 N–H and O–H groups in total. The zero-order valence-electron chi connectivity index (χ0n) is 20.2. The van der Waals surface area contributed by atoms with E-state index in [9.17, 15) is 33.1 Å². The van der Waals surface area contributed by atoms with E-state index >= 15 is 0 Å². The molecule has 2 atom stereocenters. The Bertz CT molecular complexity index is 1490. The first kappa shape index (κ1) is 27.3. The van der Waals surface area contributed by atoms with Gasteiger partial charge in [-0.05, 0) is 36.4 Å². The molecule has 1 aromatic carbocycles. The Morgan fingerprint density at radius 3 is 2.71 bits per heavy atom. The van der Waals surface area contributed by atoms with Gasteiger partial charge in [0.05, 0.1) is 0 Å². The van der Waals surface area contributed by atoms with Gasteiger partial charge in [-0.2, -0.15) is 4.39 Å². The molecule has 2 unspecified atom stereocenters. The molecule has 3 aromatic rings. The van der Waals surface area contributed by atoms with Crippen LogP contribution < -0.4 is 15.7 Å². The number of benzene rings is 1. The Morgan fingerprint density at radius 2 is 2.11 bits per heavy atom. The standard InChI is InChI=1S/C19H14F2N2O7S.C6H8S/c1-7-2-11(25)30-15-9(7)3-10(20)16(12(15)21)29-4-8-5-31-18-13(22-6-24)17(26)23(18)14(8)19(27)28;1-2-6-4-3-5-7-6/h2-3,6,13,18H,4-5H2,1H3,(H,22,24)(H,27,28);3-5H,2H2,1H3. The van der Waals surface area contributed by atoms with Crippen molar-refractivity contribution < 1.29 is 37.4 Å². The first-order valence-electron chi connectivity index (χ1n) is 11.3. The maximum Gasteiger partial charge on any atom is 0.352 e. The zero-order chi connectivity index (χ0) is 27.6. The molecule has 9 nitrogen and oxygen atoms in total. The third-order valence-electron chi connectivity index (χ3n) is 5.91. The van der Waals surface area contributed by atoms with E-state index in [-0.39, 0.29) is 22.4 Å². The van der Waals surface area contributed by atoms with Gasteiger partial charge in [0, 0.05) is 27.7 Å². The summed E-state index contributed by atoms with van der Waals surface area (Å²) in [7, 11) is 0. The normalized spacial score (nSPS) is 18.3. The Kier molecular flexibility index (Phi) is 8.17. The minimum absolute atomic E-state index is 0.0587. The van der Waals surface area contributed by atoms with E-state index in [0.29, 0.717) is 12.0 Å². The number of amides is 2. The number of rotatable bonds is 7. The third-order valence-corrected chi connectivity index (χ3v) is 8.27. The van der Waals surface area contributed by atoms with Crippen molar-refractivity contribution in [3.8, 4) is 5.75 Å². The van der Waals surface area contributed by atoms with E-state index in [1.54, 1.807) is 0 Å². The second-order valence-corrected chi connectivity index (χ2v) is 10.4. The number of thioether (sulfide) groups is 1. The molecule has 0 bridgehead atoms. The number of nitrogens with zero attached hydrogens (tertiary/aromatic N) is 1. The quantitative estimate of drug-likeness (QED) is 0.254. The van der Waals surface area contributed by atoms with Gasteiger partial charge >= 0.3 is 11.6 Å². The van der Waals surface area contributed by atoms with Crippen LogP contribution in [-0.4, -0.2) is 52.1 Å². The van der Waals surface area contributed by atoms with Crippen LogP contribution >= 0.6 is 23.1 Å². The number of hydrogen-bond acceptors (Lipinski definition) is 8. The Labute approximate surface area is 223 Å². The topological polar surface area (TPSA) is 126 Å². The summed E-state index contributed by atoms with van der Waals surface area (Å²) in [5.41, 5.74) is -1.22. The molecule has 1 saturated heterocycles. The number of thiophene rings is 1. The lowest BCUT2D eigenvalue weighted by Gasteiger charge is -2.49. The van der Waals surface area contributed by atoms with Crippen LogP contribution in [0.3, 0.4) is 0 Å². The van der Waals surface area contributed by atoms with E-state index in [1.807, 2.05) is 11.3 Å². The highest BCUT2D eigenvalue weighted by molar-refractivity contribution is 8.00. The molecule has 2 aliphatic rings. The highest BCUT2D eigenvalue weighted by atomic mass is 32.2. The van der Waals surface area contributed by atoms with Crippen LogP contribution in [0.15, 0.2) is 50.1 Å². The third kappa shape index (κ3) is 5.16. The SMILES string of the molecule is CCc1cccs1.Cc1cc(=O)oc2c(F)c(OCC3=C(C(=O)O)N4C(=O)C(NC=O)C4SC3)c(F)cc12. The largest absolute Gasteiger partial charge is 0.483 e. The number of ether oxygens (including phenoxy) is 1. The van der Waals surface area contributed by atoms with Crippen molar-refractivity contribution in [3.63, 3.8) is 0 Å². The average molecular weight is 565 g/mol. The number of aryl methyl sites for hydroxylation is 2. The van der Waals surface area contributed by atoms with Gasteiger partial charge in [0.2, 0.25) is 12.2 Å². The zero-order valence-corrected chi connectivity index (χ0v) is 21.8. The highest BCUT2D eigenvalue weighted by Gasteiger charge is 2.53. The lowest BCUT2D eigenvalue weighted by atomic mass is 10.0. The van der Waals surface area contributed by atoms with Gasteiger partial charge in [0.1, 0.15) is 23.7 Å². The van der Waals surface area contributed by atoms with E-state index in [2.05, 4.69) is 29.8 Å². The van der Waals surface area contributed by atoms with Gasteiger partial charge in [-0.1, -0.05) is 13.0 Å². The van der Waals surface area contributed by atoms with E-state index in [4.69, 9.17) is 9.15 Å². The minimum atomic E-state index is -1.41. The second-order valence-electron chi connectivity index (χ2n) is 8.28. The Balaban J connectivity index is 0.000000417. The summed E-state index contributed by atoms with van der Waals surface area (Å²) in [4.78, 5) is 48.6. The number of carbonyl (C=O) groups excluding carboxylic acids is 2. The Hall–Kier alpha value is -3.71. The molecule has 0 aliphatic carbocycles. The maximum absolute atomic E-state index is 14.8. The summed E-state index contributed by atoms with van der Waals surface area (Å²) < 4.78 is 39.4. The number of aliphatic carboxylic acids is 1. The summed E-state index contributed by atoms with van der Waals surface area (Å²) in [6.45, 7) is 3.15. The fourth-order valence-corrected chi connectivity index (χ4v) is 6.05. The number of carboxylic acids is 1. The molecule has 0 radical (unpaired) electrons. The maximum atomic E-state index is 14.8. The number of nitrogens with one attached hydrogen (secondary N) is 1. The Morgan fingerprint density at radius 1 is 1.34 bits per heavy atom.